The van der Waals surface area contributed by atoms with Crippen LogP contribution in [0.1, 0.15) is 0 Å². The van der Waals surface area contributed by atoms with Gasteiger partial charge in [-0.2, -0.15) is 9.97 Å². The molecule has 3 heterocycles. The van der Waals surface area contributed by atoms with Gasteiger partial charge in [0.15, 0.2) is 11.5 Å². The molecule has 3 rings (SSSR count). The van der Waals surface area contributed by atoms with Crippen LogP contribution in [0.3, 0.4) is 0 Å². The van der Waals surface area contributed by atoms with Crippen molar-refractivity contribution in [3.05, 3.63) is 11.6 Å². The zero-order valence-electron chi connectivity index (χ0n) is 9.72. The maximum absolute atomic E-state index is 11.7. The summed E-state index contributed by atoms with van der Waals surface area (Å²) in [7, 11) is 1.79. The topological polar surface area (TPSA) is 78.0 Å². The van der Waals surface area contributed by atoms with Gasteiger partial charge in [0, 0.05) is 20.1 Å². The van der Waals surface area contributed by atoms with Crippen molar-refractivity contribution in [2.24, 2.45) is 0 Å². The second-order valence-electron chi connectivity index (χ2n) is 4.15. The molecule has 1 N–H and O–H groups in total. The fraction of sp³-hybridized carbons (Fsp3) is 0.400. The Hall–Kier alpha value is -1.89. The molecule has 1 amide bonds. The maximum atomic E-state index is 11.7. The molecule has 1 aliphatic heterocycles. The number of rotatable bonds is 1. The van der Waals surface area contributed by atoms with Crippen LogP contribution in [0.2, 0.25) is 5.28 Å². The SMILES string of the molecule is CN1CCN(c2nc(Cl)nc3nc[nH]c23)CC1=O. The number of imidazole rings is 1. The number of nitrogens with zero attached hydrogens (tertiary/aromatic N) is 5. The molecule has 94 valence electrons. The Balaban J connectivity index is 2.03. The monoisotopic (exact) mass is 266 g/mol. The van der Waals surface area contributed by atoms with Gasteiger partial charge in [0.25, 0.3) is 0 Å². The number of aromatic amines is 1. The third kappa shape index (κ3) is 1.76. The Labute approximate surface area is 108 Å². The number of likely N-dealkylation sites (N-methyl/N-ethyl adjacent to an activating group) is 1. The summed E-state index contributed by atoms with van der Waals surface area (Å²) < 4.78 is 0. The summed E-state index contributed by atoms with van der Waals surface area (Å²) in [6.45, 7) is 1.66. The lowest BCUT2D eigenvalue weighted by Gasteiger charge is -2.32. The number of aromatic nitrogens is 4. The van der Waals surface area contributed by atoms with Gasteiger partial charge in [-0.3, -0.25) is 4.79 Å². The van der Waals surface area contributed by atoms with Crippen molar-refractivity contribution in [3.8, 4) is 0 Å². The Morgan fingerprint density at radius 1 is 1.39 bits per heavy atom. The van der Waals surface area contributed by atoms with Gasteiger partial charge in [-0.15, -0.1) is 0 Å². The van der Waals surface area contributed by atoms with Crippen molar-refractivity contribution >= 4 is 34.5 Å². The highest BCUT2D eigenvalue weighted by Gasteiger charge is 2.24. The van der Waals surface area contributed by atoms with Gasteiger partial charge in [-0.25, -0.2) is 4.98 Å². The summed E-state index contributed by atoms with van der Waals surface area (Å²) in [6.07, 6.45) is 1.54. The first-order chi connectivity index (χ1) is 8.65. The van der Waals surface area contributed by atoms with Crippen molar-refractivity contribution in [1.82, 2.24) is 24.8 Å². The van der Waals surface area contributed by atoms with Crippen LogP contribution >= 0.6 is 11.6 Å². The van der Waals surface area contributed by atoms with Gasteiger partial charge < -0.3 is 14.8 Å². The zero-order chi connectivity index (χ0) is 12.7. The molecule has 0 radical (unpaired) electrons. The Bertz CT molecular complexity index is 611. The molecule has 0 unspecified atom stereocenters. The van der Waals surface area contributed by atoms with Crippen LogP contribution in [0.25, 0.3) is 11.2 Å². The van der Waals surface area contributed by atoms with E-state index >= 15 is 0 Å². The van der Waals surface area contributed by atoms with Crippen molar-refractivity contribution < 1.29 is 4.79 Å². The van der Waals surface area contributed by atoms with E-state index in [2.05, 4.69) is 19.9 Å². The Morgan fingerprint density at radius 3 is 3.00 bits per heavy atom. The maximum Gasteiger partial charge on any atom is 0.241 e. The second kappa shape index (κ2) is 4.09. The minimum Gasteiger partial charge on any atom is -0.344 e. The first-order valence-electron chi connectivity index (χ1n) is 5.50. The van der Waals surface area contributed by atoms with Crippen LogP contribution in [0.4, 0.5) is 5.82 Å². The van der Waals surface area contributed by atoms with Gasteiger partial charge in [0.2, 0.25) is 11.2 Å². The quantitative estimate of drug-likeness (QED) is 0.751. The zero-order valence-corrected chi connectivity index (χ0v) is 10.5. The molecule has 1 fully saturated rings. The van der Waals surface area contributed by atoms with Crippen LogP contribution in [-0.2, 0) is 4.79 Å². The molecule has 0 saturated carbocycles. The van der Waals surface area contributed by atoms with E-state index in [1.165, 1.54) is 6.33 Å². The fourth-order valence-corrected chi connectivity index (χ4v) is 2.12. The molecule has 2 aromatic heterocycles. The minimum absolute atomic E-state index is 0.0589. The summed E-state index contributed by atoms with van der Waals surface area (Å²) >= 11 is 5.87. The summed E-state index contributed by atoms with van der Waals surface area (Å²) in [5.41, 5.74) is 1.22. The molecular formula is C10H11ClN6O. The molecule has 1 aliphatic rings. The molecule has 7 nitrogen and oxygen atoms in total. The number of H-pyrrole nitrogens is 1. The van der Waals surface area contributed by atoms with Crippen molar-refractivity contribution in [2.75, 3.05) is 31.6 Å². The van der Waals surface area contributed by atoms with Gasteiger partial charge in [-0.1, -0.05) is 0 Å². The second-order valence-corrected chi connectivity index (χ2v) is 4.49. The predicted molar refractivity (Wildman–Crippen MR) is 66.5 cm³/mol. The highest BCUT2D eigenvalue weighted by molar-refractivity contribution is 6.28. The van der Waals surface area contributed by atoms with Gasteiger partial charge in [0.1, 0.15) is 5.52 Å². The summed E-state index contributed by atoms with van der Waals surface area (Å²) in [4.78, 5) is 30.5. The largest absolute Gasteiger partial charge is 0.344 e. The Morgan fingerprint density at radius 2 is 2.22 bits per heavy atom. The minimum atomic E-state index is 0.0589. The number of hydrogen-bond donors (Lipinski definition) is 1. The van der Waals surface area contributed by atoms with Crippen LogP contribution in [-0.4, -0.2) is 57.4 Å². The van der Waals surface area contributed by atoms with Crippen LogP contribution in [0.5, 0.6) is 0 Å². The summed E-state index contributed by atoms with van der Waals surface area (Å²) in [6, 6.07) is 0. The smallest absolute Gasteiger partial charge is 0.241 e. The predicted octanol–water partition coefficient (Wildman–Crippen LogP) is 0.285. The molecule has 0 bridgehead atoms. The number of carbonyl (C=O) groups is 1. The lowest BCUT2D eigenvalue weighted by Crippen LogP contribution is -2.49. The molecule has 0 spiro atoms. The normalized spacial score (nSPS) is 16.7. The van der Waals surface area contributed by atoms with E-state index in [-0.39, 0.29) is 17.7 Å². The molecule has 18 heavy (non-hydrogen) atoms. The number of amides is 1. The van der Waals surface area contributed by atoms with E-state index in [0.29, 0.717) is 30.1 Å². The number of halogens is 1. The highest BCUT2D eigenvalue weighted by atomic mass is 35.5. The van der Waals surface area contributed by atoms with E-state index in [0.717, 1.165) is 0 Å². The molecule has 0 aliphatic carbocycles. The first kappa shape index (κ1) is 11.2. The molecular weight excluding hydrogens is 256 g/mol. The number of nitrogens with one attached hydrogen (secondary N) is 1. The van der Waals surface area contributed by atoms with E-state index in [1.54, 1.807) is 11.9 Å². The summed E-state index contributed by atoms with van der Waals surface area (Å²) in [5.74, 6) is 0.688. The third-order valence-electron chi connectivity index (χ3n) is 3.00. The van der Waals surface area contributed by atoms with E-state index in [4.69, 9.17) is 11.6 Å². The number of piperazine rings is 1. The molecule has 8 heteroatoms. The average Bonchev–Trinajstić information content (AvgIpc) is 2.79. The van der Waals surface area contributed by atoms with Crippen molar-refractivity contribution in [2.45, 2.75) is 0 Å². The fourth-order valence-electron chi connectivity index (χ4n) is 1.96. The lowest BCUT2D eigenvalue weighted by atomic mass is 10.3. The van der Waals surface area contributed by atoms with E-state index in [9.17, 15) is 4.79 Å². The van der Waals surface area contributed by atoms with Crippen LogP contribution in [0, 0.1) is 0 Å². The molecule has 1 saturated heterocycles. The van der Waals surface area contributed by atoms with Crippen LogP contribution in [0.15, 0.2) is 6.33 Å². The molecule has 2 aromatic rings. The van der Waals surface area contributed by atoms with Crippen LogP contribution < -0.4 is 4.90 Å². The number of carbonyl (C=O) groups excluding carboxylic acids is 1. The number of hydrogen-bond acceptors (Lipinski definition) is 5. The standard InChI is InChI=1S/C10H11ClN6O/c1-16-2-3-17(4-6(16)18)9-7-8(13-5-12-7)14-10(11)15-9/h5H,2-4H2,1H3,(H,12,13,14,15). The van der Waals surface area contributed by atoms with Crippen molar-refractivity contribution in [3.63, 3.8) is 0 Å². The van der Waals surface area contributed by atoms with E-state index in [1.807, 2.05) is 4.90 Å². The third-order valence-corrected chi connectivity index (χ3v) is 3.17. The number of anilines is 1. The number of fused-ring (bicyclic) bond motifs is 1. The van der Waals surface area contributed by atoms with E-state index < -0.39 is 0 Å². The average molecular weight is 267 g/mol. The summed E-state index contributed by atoms with van der Waals surface area (Å²) in [5, 5.41) is 0.135. The van der Waals surface area contributed by atoms with Gasteiger partial charge in [0.05, 0.1) is 12.9 Å². The molecule has 0 aromatic carbocycles. The lowest BCUT2D eigenvalue weighted by molar-refractivity contribution is -0.129. The highest BCUT2D eigenvalue weighted by Crippen LogP contribution is 2.23. The first-order valence-corrected chi connectivity index (χ1v) is 5.88. The van der Waals surface area contributed by atoms with Gasteiger partial charge >= 0.3 is 0 Å². The molecule has 0 atom stereocenters. The Kier molecular flexibility index (Phi) is 2.55. The van der Waals surface area contributed by atoms with Gasteiger partial charge in [-0.05, 0) is 11.6 Å². The van der Waals surface area contributed by atoms with Crippen molar-refractivity contribution in [1.29, 1.82) is 0 Å².